The second-order valence-electron chi connectivity index (χ2n) is 6.65. The fraction of sp³-hybridized carbons (Fsp3) is 0.444. The zero-order valence-corrected chi connectivity index (χ0v) is 15.0. The maximum Gasteiger partial charge on any atom is 0.317 e. The van der Waals surface area contributed by atoms with E-state index in [1.54, 1.807) is 11.1 Å². The summed E-state index contributed by atoms with van der Waals surface area (Å²) in [7, 11) is 0. The van der Waals surface area contributed by atoms with Gasteiger partial charge in [0.05, 0.1) is 11.9 Å². The van der Waals surface area contributed by atoms with Gasteiger partial charge in [0.25, 0.3) is 0 Å². The molecule has 2 heterocycles. The molecule has 2 amide bonds. The molecule has 0 unspecified atom stereocenters. The summed E-state index contributed by atoms with van der Waals surface area (Å²) in [6.07, 6.45) is 3.66. The van der Waals surface area contributed by atoms with Crippen LogP contribution in [0.1, 0.15) is 25.5 Å². The number of hydrogen-bond donors (Lipinski definition) is 1. The first kappa shape index (κ1) is 18.2. The molecule has 0 atom stereocenters. The van der Waals surface area contributed by atoms with Crippen molar-refractivity contribution in [2.24, 2.45) is 0 Å². The summed E-state index contributed by atoms with van der Waals surface area (Å²) in [5.41, 5.74) is 1.31. The van der Waals surface area contributed by atoms with Crippen LogP contribution < -0.4 is 10.2 Å². The number of amides is 2. The van der Waals surface area contributed by atoms with Crippen LogP contribution in [0.3, 0.4) is 0 Å². The number of halogens is 2. The van der Waals surface area contributed by atoms with E-state index in [1.165, 1.54) is 12.1 Å². The van der Waals surface area contributed by atoms with Crippen LogP contribution in [0.2, 0.25) is 0 Å². The van der Waals surface area contributed by atoms with Crippen LogP contribution in [0.15, 0.2) is 30.6 Å². The molecule has 0 saturated carbocycles. The van der Waals surface area contributed by atoms with Gasteiger partial charge < -0.3 is 15.1 Å². The van der Waals surface area contributed by atoms with Gasteiger partial charge >= 0.3 is 6.03 Å². The van der Waals surface area contributed by atoms with Crippen LogP contribution in [0.4, 0.5) is 19.3 Å². The van der Waals surface area contributed by atoms with Crippen LogP contribution in [0, 0.1) is 11.6 Å². The van der Waals surface area contributed by atoms with Crippen molar-refractivity contribution in [3.05, 3.63) is 47.8 Å². The van der Waals surface area contributed by atoms with Gasteiger partial charge in [0.1, 0.15) is 11.6 Å². The number of nitrogens with one attached hydrogen (secondary N) is 1. The quantitative estimate of drug-likeness (QED) is 0.909. The molecule has 140 valence electrons. The Bertz CT molecular complexity index is 769. The van der Waals surface area contributed by atoms with Crippen molar-refractivity contribution in [1.29, 1.82) is 0 Å². The average molecular weight is 363 g/mol. The molecule has 26 heavy (non-hydrogen) atoms. The monoisotopic (exact) mass is 363 g/mol. The number of anilines is 1. The highest BCUT2D eigenvalue weighted by Crippen LogP contribution is 2.21. The molecule has 1 aliphatic heterocycles. The smallest absolute Gasteiger partial charge is 0.317 e. The minimum absolute atomic E-state index is 0.151. The van der Waals surface area contributed by atoms with E-state index in [-0.39, 0.29) is 12.1 Å². The maximum atomic E-state index is 13.9. The molecule has 3 rings (SSSR count). The van der Waals surface area contributed by atoms with Gasteiger partial charge in [-0.05, 0) is 26.0 Å². The molecule has 0 aliphatic carbocycles. The fourth-order valence-corrected chi connectivity index (χ4v) is 2.93. The number of nitrogens with zero attached hydrogens (tertiary/aromatic N) is 4. The normalized spacial score (nSPS) is 14.8. The summed E-state index contributed by atoms with van der Waals surface area (Å²) in [5.74, 6) is -1.17. The van der Waals surface area contributed by atoms with Gasteiger partial charge in [-0.3, -0.25) is 4.68 Å². The van der Waals surface area contributed by atoms with Gasteiger partial charge in [-0.15, -0.1) is 0 Å². The minimum Gasteiger partial charge on any atom is -0.366 e. The minimum atomic E-state index is -0.593. The molecule has 1 saturated heterocycles. The summed E-state index contributed by atoms with van der Waals surface area (Å²) < 4.78 is 28.7. The first-order chi connectivity index (χ1) is 12.4. The van der Waals surface area contributed by atoms with E-state index in [0.717, 1.165) is 11.6 Å². The number of aromatic nitrogens is 2. The third kappa shape index (κ3) is 4.12. The molecule has 0 spiro atoms. The van der Waals surface area contributed by atoms with E-state index < -0.39 is 11.6 Å². The summed E-state index contributed by atoms with van der Waals surface area (Å²) in [6, 6.07) is 3.69. The highest BCUT2D eigenvalue weighted by molar-refractivity contribution is 5.74. The Morgan fingerprint density at radius 2 is 1.96 bits per heavy atom. The zero-order valence-electron chi connectivity index (χ0n) is 15.0. The standard InChI is InChI=1S/C18H23F2N5O/c1-13(2)25-12-14(11-22-25)10-21-18(26)24-7-5-23(6-8-24)17-4-3-15(19)9-16(17)20/h3-4,9,11-13H,5-8,10H2,1-2H3,(H,21,26). The van der Waals surface area contributed by atoms with E-state index in [1.807, 2.05) is 29.6 Å². The number of rotatable bonds is 4. The van der Waals surface area contributed by atoms with E-state index >= 15 is 0 Å². The largest absolute Gasteiger partial charge is 0.366 e. The molecule has 2 aromatic rings. The summed E-state index contributed by atoms with van der Waals surface area (Å²) in [6.45, 7) is 6.46. The lowest BCUT2D eigenvalue weighted by molar-refractivity contribution is 0.194. The van der Waals surface area contributed by atoms with Gasteiger partial charge in [0, 0.05) is 56.6 Å². The van der Waals surface area contributed by atoms with Gasteiger partial charge in [-0.1, -0.05) is 0 Å². The molecule has 1 aromatic heterocycles. The summed E-state index contributed by atoms with van der Waals surface area (Å²) in [4.78, 5) is 15.8. The second kappa shape index (κ2) is 7.72. The average Bonchev–Trinajstić information content (AvgIpc) is 3.09. The van der Waals surface area contributed by atoms with Crippen molar-refractivity contribution in [3.63, 3.8) is 0 Å². The number of benzene rings is 1. The maximum absolute atomic E-state index is 13.9. The molecule has 1 aromatic carbocycles. The first-order valence-corrected chi connectivity index (χ1v) is 8.70. The molecule has 0 radical (unpaired) electrons. The second-order valence-corrected chi connectivity index (χ2v) is 6.65. The zero-order chi connectivity index (χ0) is 18.7. The Morgan fingerprint density at radius 3 is 2.58 bits per heavy atom. The van der Waals surface area contributed by atoms with Crippen molar-refractivity contribution < 1.29 is 13.6 Å². The highest BCUT2D eigenvalue weighted by atomic mass is 19.1. The predicted octanol–water partition coefficient (Wildman–Crippen LogP) is 2.77. The van der Waals surface area contributed by atoms with Crippen LogP contribution in [0.25, 0.3) is 0 Å². The highest BCUT2D eigenvalue weighted by Gasteiger charge is 2.23. The van der Waals surface area contributed by atoms with Gasteiger partial charge in [0.2, 0.25) is 0 Å². The molecule has 8 heteroatoms. The lowest BCUT2D eigenvalue weighted by Crippen LogP contribution is -2.51. The number of carbonyl (C=O) groups is 1. The van der Waals surface area contributed by atoms with Crippen molar-refractivity contribution in [2.45, 2.75) is 26.4 Å². The van der Waals surface area contributed by atoms with Crippen LogP contribution in [-0.4, -0.2) is 46.9 Å². The number of urea groups is 1. The summed E-state index contributed by atoms with van der Waals surface area (Å²) in [5, 5.41) is 7.13. The Morgan fingerprint density at radius 1 is 1.23 bits per heavy atom. The Hall–Kier alpha value is -2.64. The van der Waals surface area contributed by atoms with Crippen molar-refractivity contribution >= 4 is 11.7 Å². The topological polar surface area (TPSA) is 53.4 Å². The molecule has 0 bridgehead atoms. The van der Waals surface area contributed by atoms with E-state index in [4.69, 9.17) is 0 Å². The lowest BCUT2D eigenvalue weighted by atomic mass is 10.2. The van der Waals surface area contributed by atoms with Gasteiger partial charge in [-0.25, -0.2) is 13.6 Å². The Kier molecular flexibility index (Phi) is 5.39. The molecule has 1 N–H and O–H groups in total. The van der Waals surface area contributed by atoms with Crippen molar-refractivity contribution in [3.8, 4) is 0 Å². The lowest BCUT2D eigenvalue weighted by Gasteiger charge is -2.36. The van der Waals surface area contributed by atoms with Gasteiger partial charge in [-0.2, -0.15) is 5.10 Å². The van der Waals surface area contributed by atoms with Crippen LogP contribution >= 0.6 is 0 Å². The third-order valence-electron chi connectivity index (χ3n) is 4.45. The molecule has 6 nitrogen and oxygen atoms in total. The molecular weight excluding hydrogens is 340 g/mol. The van der Waals surface area contributed by atoms with Gasteiger partial charge in [0.15, 0.2) is 0 Å². The SMILES string of the molecule is CC(C)n1cc(CNC(=O)N2CCN(c3ccc(F)cc3F)CC2)cn1. The van der Waals surface area contributed by atoms with E-state index in [9.17, 15) is 13.6 Å². The predicted molar refractivity (Wildman–Crippen MR) is 95.0 cm³/mol. The Labute approximate surface area is 151 Å². The number of piperazine rings is 1. The first-order valence-electron chi connectivity index (χ1n) is 8.70. The Balaban J connectivity index is 1.50. The third-order valence-corrected chi connectivity index (χ3v) is 4.45. The fourth-order valence-electron chi connectivity index (χ4n) is 2.93. The van der Waals surface area contributed by atoms with Crippen LogP contribution in [0.5, 0.6) is 0 Å². The summed E-state index contributed by atoms with van der Waals surface area (Å²) >= 11 is 0. The molecule has 1 fully saturated rings. The number of hydrogen-bond acceptors (Lipinski definition) is 3. The van der Waals surface area contributed by atoms with E-state index in [0.29, 0.717) is 38.4 Å². The van der Waals surface area contributed by atoms with E-state index in [2.05, 4.69) is 10.4 Å². The van der Waals surface area contributed by atoms with Crippen LogP contribution in [-0.2, 0) is 6.54 Å². The molecule has 1 aliphatic rings. The number of carbonyl (C=O) groups excluding carboxylic acids is 1. The van der Waals surface area contributed by atoms with Crippen molar-refractivity contribution in [1.82, 2.24) is 20.0 Å². The molecular formula is C18H23F2N5O. The van der Waals surface area contributed by atoms with Crippen molar-refractivity contribution in [2.75, 3.05) is 31.1 Å².